The van der Waals surface area contributed by atoms with Crippen LogP contribution < -0.4 is 11.5 Å². The number of carbonyl (C=O) groups is 1. The zero-order chi connectivity index (χ0) is 14.0. The van der Waals surface area contributed by atoms with Gasteiger partial charge in [0.25, 0.3) is 5.91 Å². The van der Waals surface area contributed by atoms with Gasteiger partial charge in [0, 0.05) is 5.69 Å². The Bertz CT molecular complexity index is 616. The van der Waals surface area contributed by atoms with Crippen LogP contribution >= 0.6 is 0 Å². The maximum absolute atomic E-state index is 11.5. The summed E-state index contributed by atoms with van der Waals surface area (Å²) in [6.45, 7) is 4.07. The lowest BCUT2D eigenvalue weighted by molar-refractivity contribution is 0.1000. The molecule has 5 nitrogen and oxygen atoms in total. The number of nitrogens with zero attached hydrogens (tertiary/aromatic N) is 2. The van der Waals surface area contributed by atoms with Gasteiger partial charge in [-0.15, -0.1) is 0 Å². The number of anilines is 1. The molecule has 0 radical (unpaired) electrons. The second kappa shape index (κ2) is 5.14. The van der Waals surface area contributed by atoms with E-state index in [1.165, 1.54) is 0 Å². The highest BCUT2D eigenvalue weighted by Crippen LogP contribution is 2.24. The van der Waals surface area contributed by atoms with E-state index >= 15 is 0 Å². The molecule has 5 heteroatoms. The minimum atomic E-state index is -0.502. The average Bonchev–Trinajstić information content (AvgIpc) is 2.81. The molecule has 0 aliphatic heterocycles. The van der Waals surface area contributed by atoms with Crippen molar-refractivity contribution >= 4 is 11.6 Å². The normalized spacial score (nSPS) is 10.6. The van der Waals surface area contributed by atoms with Crippen LogP contribution in [0, 0.1) is 0 Å². The maximum Gasteiger partial charge on any atom is 0.250 e. The number of hydrogen-bond acceptors (Lipinski definition) is 3. The number of rotatable bonds is 4. The maximum atomic E-state index is 11.5. The first-order chi connectivity index (χ1) is 9.08. The van der Waals surface area contributed by atoms with Crippen molar-refractivity contribution < 1.29 is 4.79 Å². The molecule has 0 aliphatic rings. The monoisotopic (exact) mass is 258 g/mol. The number of hydrogen-bond donors (Lipinski definition) is 2. The van der Waals surface area contributed by atoms with Crippen molar-refractivity contribution in [2.45, 2.75) is 26.7 Å². The van der Waals surface area contributed by atoms with E-state index in [1.807, 2.05) is 19.9 Å². The first kappa shape index (κ1) is 13.1. The van der Waals surface area contributed by atoms with Crippen LogP contribution in [0.3, 0.4) is 0 Å². The summed E-state index contributed by atoms with van der Waals surface area (Å²) in [6.07, 6.45) is 1.64. The number of aryl methyl sites for hydroxylation is 2. The number of nitrogens with two attached hydrogens (primary N) is 2. The quantitative estimate of drug-likeness (QED) is 0.818. The molecule has 2 aromatic rings. The molecule has 1 aromatic carbocycles. The topological polar surface area (TPSA) is 86.9 Å². The highest BCUT2D eigenvalue weighted by molar-refractivity contribution is 5.98. The second-order valence-electron chi connectivity index (χ2n) is 4.35. The molecule has 19 heavy (non-hydrogen) atoms. The van der Waals surface area contributed by atoms with E-state index in [-0.39, 0.29) is 0 Å². The van der Waals surface area contributed by atoms with E-state index in [1.54, 1.807) is 22.9 Å². The average molecular weight is 258 g/mol. The van der Waals surface area contributed by atoms with Gasteiger partial charge in [0.05, 0.1) is 16.9 Å². The van der Waals surface area contributed by atoms with E-state index in [0.717, 1.165) is 24.2 Å². The van der Waals surface area contributed by atoms with Crippen molar-refractivity contribution in [3.05, 3.63) is 41.2 Å². The lowest BCUT2D eigenvalue weighted by Crippen LogP contribution is -2.17. The first-order valence-electron chi connectivity index (χ1n) is 6.34. The van der Waals surface area contributed by atoms with Crippen LogP contribution in [-0.2, 0) is 12.8 Å². The fourth-order valence-electron chi connectivity index (χ4n) is 2.09. The molecule has 0 saturated carbocycles. The van der Waals surface area contributed by atoms with Gasteiger partial charge in [-0.1, -0.05) is 19.9 Å². The van der Waals surface area contributed by atoms with Crippen LogP contribution in [0.25, 0.3) is 5.69 Å². The Morgan fingerprint density at radius 2 is 2.05 bits per heavy atom. The number of primary amides is 1. The Morgan fingerprint density at radius 1 is 1.32 bits per heavy atom. The minimum absolute atomic E-state index is 0.389. The highest BCUT2D eigenvalue weighted by Gasteiger charge is 2.16. The standard InChI is InChI=1S/C14H18N4O/c1-3-9-8-10(4-2)18(17-9)13-11(14(16)19)6-5-7-12(13)15/h5-8H,3-4,15H2,1-2H3,(H2,16,19). The molecular weight excluding hydrogens is 240 g/mol. The van der Waals surface area contributed by atoms with Crippen LogP contribution in [0.4, 0.5) is 5.69 Å². The summed E-state index contributed by atoms with van der Waals surface area (Å²) in [5, 5.41) is 4.50. The number of nitrogen functional groups attached to an aromatic ring is 1. The largest absolute Gasteiger partial charge is 0.397 e. The predicted octanol–water partition coefficient (Wildman–Crippen LogP) is 1.68. The van der Waals surface area contributed by atoms with E-state index in [0.29, 0.717) is 16.9 Å². The summed E-state index contributed by atoms with van der Waals surface area (Å²) in [5.74, 6) is -0.502. The third-order valence-corrected chi connectivity index (χ3v) is 3.10. The Kier molecular flexibility index (Phi) is 3.55. The van der Waals surface area contributed by atoms with Gasteiger partial charge in [-0.3, -0.25) is 4.79 Å². The molecule has 2 rings (SSSR count). The number of para-hydroxylation sites is 1. The molecule has 0 bridgehead atoms. The second-order valence-corrected chi connectivity index (χ2v) is 4.35. The van der Waals surface area contributed by atoms with E-state index in [2.05, 4.69) is 5.10 Å². The summed E-state index contributed by atoms with van der Waals surface area (Å²) in [7, 11) is 0. The Morgan fingerprint density at radius 3 is 2.63 bits per heavy atom. The Labute approximate surface area is 112 Å². The van der Waals surface area contributed by atoms with E-state index in [4.69, 9.17) is 11.5 Å². The third kappa shape index (κ3) is 2.31. The molecule has 1 heterocycles. The molecule has 0 unspecified atom stereocenters. The first-order valence-corrected chi connectivity index (χ1v) is 6.34. The van der Waals surface area contributed by atoms with Crippen molar-refractivity contribution in [1.29, 1.82) is 0 Å². The lowest BCUT2D eigenvalue weighted by atomic mass is 10.1. The molecule has 100 valence electrons. The van der Waals surface area contributed by atoms with Gasteiger partial charge in [-0.05, 0) is 31.0 Å². The molecule has 0 aliphatic carbocycles. The number of amides is 1. The fraction of sp³-hybridized carbons (Fsp3) is 0.286. The van der Waals surface area contributed by atoms with Crippen LogP contribution in [0.15, 0.2) is 24.3 Å². The van der Waals surface area contributed by atoms with Gasteiger partial charge in [-0.2, -0.15) is 5.10 Å². The Hall–Kier alpha value is -2.30. The fourth-order valence-corrected chi connectivity index (χ4v) is 2.09. The molecule has 1 aromatic heterocycles. The van der Waals surface area contributed by atoms with E-state index in [9.17, 15) is 4.79 Å². The third-order valence-electron chi connectivity index (χ3n) is 3.10. The lowest BCUT2D eigenvalue weighted by Gasteiger charge is -2.12. The zero-order valence-corrected chi connectivity index (χ0v) is 11.2. The van der Waals surface area contributed by atoms with Crippen molar-refractivity contribution in [3.8, 4) is 5.69 Å². The Balaban J connectivity index is 2.70. The van der Waals surface area contributed by atoms with Crippen LogP contribution in [0.1, 0.15) is 35.6 Å². The van der Waals surface area contributed by atoms with Gasteiger partial charge >= 0.3 is 0 Å². The number of carbonyl (C=O) groups excluding carboxylic acids is 1. The molecule has 0 atom stereocenters. The molecular formula is C14H18N4O. The summed E-state index contributed by atoms with van der Waals surface area (Å²) in [4.78, 5) is 11.5. The summed E-state index contributed by atoms with van der Waals surface area (Å²) < 4.78 is 1.73. The summed E-state index contributed by atoms with van der Waals surface area (Å²) >= 11 is 0. The van der Waals surface area contributed by atoms with Gasteiger partial charge < -0.3 is 11.5 Å². The van der Waals surface area contributed by atoms with Gasteiger partial charge in [0.1, 0.15) is 5.69 Å². The van der Waals surface area contributed by atoms with Crippen LogP contribution in [0.5, 0.6) is 0 Å². The molecule has 0 saturated heterocycles. The van der Waals surface area contributed by atoms with Crippen molar-refractivity contribution in [2.75, 3.05) is 5.73 Å². The van der Waals surface area contributed by atoms with Gasteiger partial charge in [0.2, 0.25) is 0 Å². The molecule has 4 N–H and O–H groups in total. The van der Waals surface area contributed by atoms with Crippen LogP contribution in [0.2, 0.25) is 0 Å². The minimum Gasteiger partial charge on any atom is -0.397 e. The molecule has 0 fully saturated rings. The van der Waals surface area contributed by atoms with Crippen molar-refractivity contribution in [2.24, 2.45) is 5.73 Å². The highest BCUT2D eigenvalue weighted by atomic mass is 16.1. The van der Waals surface area contributed by atoms with Crippen molar-refractivity contribution in [3.63, 3.8) is 0 Å². The van der Waals surface area contributed by atoms with Gasteiger partial charge in [-0.25, -0.2) is 4.68 Å². The predicted molar refractivity (Wildman–Crippen MR) is 75.3 cm³/mol. The van der Waals surface area contributed by atoms with E-state index < -0.39 is 5.91 Å². The molecule has 1 amide bonds. The zero-order valence-electron chi connectivity index (χ0n) is 11.2. The SMILES string of the molecule is CCc1cc(CC)n(-c2c(N)cccc2C(N)=O)n1. The molecule has 0 spiro atoms. The van der Waals surface area contributed by atoms with Crippen molar-refractivity contribution in [1.82, 2.24) is 9.78 Å². The summed E-state index contributed by atoms with van der Waals surface area (Å²) in [5.41, 5.74) is 14.9. The van der Waals surface area contributed by atoms with Crippen LogP contribution in [-0.4, -0.2) is 15.7 Å². The smallest absolute Gasteiger partial charge is 0.250 e. The summed E-state index contributed by atoms with van der Waals surface area (Å²) in [6, 6.07) is 7.15. The number of aromatic nitrogens is 2. The van der Waals surface area contributed by atoms with Gasteiger partial charge in [0.15, 0.2) is 0 Å². The number of benzene rings is 1.